The van der Waals surface area contributed by atoms with Crippen molar-refractivity contribution < 1.29 is 14.3 Å². The lowest BCUT2D eigenvalue weighted by atomic mass is 9.73. The van der Waals surface area contributed by atoms with Crippen LogP contribution in [-0.2, 0) is 10.2 Å². The van der Waals surface area contributed by atoms with E-state index in [2.05, 4.69) is 6.07 Å². The smallest absolute Gasteiger partial charge is 0.410 e. The molecule has 0 spiro atoms. The summed E-state index contributed by atoms with van der Waals surface area (Å²) < 4.78 is 10.8. The standard InChI is InChI=1S/C18H22Cl2N2O3/c1-17(2,3)25-16(23)22-7-5-18(11-21,6-8-22)12-9-13(19)14(20)10-15(12)24-4/h9-10H,5-8H2,1-4H3. The summed E-state index contributed by atoms with van der Waals surface area (Å²) in [7, 11) is 1.53. The van der Waals surface area contributed by atoms with Gasteiger partial charge in [0.15, 0.2) is 0 Å². The van der Waals surface area contributed by atoms with E-state index in [9.17, 15) is 10.1 Å². The number of carbonyl (C=O) groups is 1. The lowest BCUT2D eigenvalue weighted by Crippen LogP contribution is -2.46. The molecule has 1 aliphatic rings. The second kappa shape index (κ2) is 7.31. The first-order valence-corrected chi connectivity index (χ1v) is 8.80. The van der Waals surface area contributed by atoms with Gasteiger partial charge >= 0.3 is 6.09 Å². The highest BCUT2D eigenvalue weighted by atomic mass is 35.5. The molecule has 0 aromatic heterocycles. The Morgan fingerprint density at radius 2 is 1.80 bits per heavy atom. The third kappa shape index (κ3) is 4.31. The zero-order valence-electron chi connectivity index (χ0n) is 14.9. The number of likely N-dealkylation sites (tertiary alicyclic amines) is 1. The maximum Gasteiger partial charge on any atom is 0.410 e. The molecular formula is C18H22Cl2N2O3. The van der Waals surface area contributed by atoms with E-state index in [-0.39, 0.29) is 6.09 Å². The van der Waals surface area contributed by atoms with Gasteiger partial charge < -0.3 is 14.4 Å². The van der Waals surface area contributed by atoms with E-state index in [1.807, 2.05) is 20.8 Å². The van der Waals surface area contributed by atoms with Crippen molar-refractivity contribution in [2.24, 2.45) is 0 Å². The fourth-order valence-electron chi connectivity index (χ4n) is 2.91. The predicted molar refractivity (Wildman–Crippen MR) is 97.3 cm³/mol. The van der Waals surface area contributed by atoms with Crippen LogP contribution >= 0.6 is 23.2 Å². The fraction of sp³-hybridized carbons (Fsp3) is 0.556. The topological polar surface area (TPSA) is 62.6 Å². The van der Waals surface area contributed by atoms with Crippen molar-refractivity contribution in [3.63, 3.8) is 0 Å². The lowest BCUT2D eigenvalue weighted by molar-refractivity contribution is 0.0185. The van der Waals surface area contributed by atoms with Crippen LogP contribution in [-0.4, -0.2) is 36.8 Å². The molecule has 1 aromatic carbocycles. The van der Waals surface area contributed by atoms with Gasteiger partial charge in [0.1, 0.15) is 11.4 Å². The van der Waals surface area contributed by atoms with Crippen molar-refractivity contribution in [2.75, 3.05) is 20.2 Å². The molecule has 1 heterocycles. The summed E-state index contributed by atoms with van der Waals surface area (Å²) in [5.74, 6) is 0.529. The van der Waals surface area contributed by atoms with Gasteiger partial charge in [0.25, 0.3) is 0 Å². The van der Waals surface area contributed by atoms with E-state index in [0.29, 0.717) is 47.3 Å². The van der Waals surface area contributed by atoms with Crippen LogP contribution < -0.4 is 4.74 Å². The van der Waals surface area contributed by atoms with Crippen LogP contribution in [0, 0.1) is 11.3 Å². The SMILES string of the molecule is COc1cc(Cl)c(Cl)cc1C1(C#N)CCN(C(=O)OC(C)(C)C)CC1. The highest BCUT2D eigenvalue weighted by Crippen LogP contribution is 2.43. The molecule has 25 heavy (non-hydrogen) atoms. The van der Waals surface area contributed by atoms with Gasteiger partial charge in [-0.2, -0.15) is 5.26 Å². The molecule has 1 amide bonds. The molecule has 1 aromatic rings. The zero-order valence-corrected chi connectivity index (χ0v) is 16.4. The lowest BCUT2D eigenvalue weighted by Gasteiger charge is -2.38. The molecule has 0 unspecified atom stereocenters. The third-order valence-electron chi connectivity index (χ3n) is 4.24. The summed E-state index contributed by atoms with van der Waals surface area (Å²) in [5.41, 5.74) is -0.623. The number of piperidine rings is 1. The first-order valence-electron chi connectivity index (χ1n) is 8.04. The number of hydrogen-bond acceptors (Lipinski definition) is 4. The van der Waals surface area contributed by atoms with Gasteiger partial charge in [-0.15, -0.1) is 0 Å². The maximum absolute atomic E-state index is 12.2. The van der Waals surface area contributed by atoms with Gasteiger partial charge in [0.2, 0.25) is 0 Å². The van der Waals surface area contributed by atoms with Crippen molar-refractivity contribution in [1.82, 2.24) is 4.90 Å². The number of halogens is 2. The number of nitriles is 1. The maximum atomic E-state index is 12.2. The van der Waals surface area contributed by atoms with Gasteiger partial charge in [-0.3, -0.25) is 0 Å². The summed E-state index contributed by atoms with van der Waals surface area (Å²) in [6.07, 6.45) is 0.578. The van der Waals surface area contributed by atoms with E-state index >= 15 is 0 Å². The van der Waals surface area contributed by atoms with E-state index in [1.165, 1.54) is 7.11 Å². The number of amides is 1. The quantitative estimate of drug-likeness (QED) is 0.734. The molecular weight excluding hydrogens is 363 g/mol. The average Bonchev–Trinajstić information content (AvgIpc) is 2.55. The molecule has 1 fully saturated rings. The minimum Gasteiger partial charge on any atom is -0.496 e. The number of hydrogen-bond donors (Lipinski definition) is 0. The van der Waals surface area contributed by atoms with Crippen LogP contribution in [0.5, 0.6) is 5.75 Å². The molecule has 1 aliphatic heterocycles. The largest absolute Gasteiger partial charge is 0.496 e. The Kier molecular flexibility index (Phi) is 5.75. The average molecular weight is 385 g/mol. The molecule has 2 rings (SSSR count). The number of ether oxygens (including phenoxy) is 2. The fourth-order valence-corrected chi connectivity index (χ4v) is 3.23. The molecule has 136 valence electrons. The summed E-state index contributed by atoms with van der Waals surface area (Å²) in [5, 5.41) is 10.6. The van der Waals surface area contributed by atoms with Crippen LogP contribution in [0.1, 0.15) is 39.2 Å². The summed E-state index contributed by atoms with van der Waals surface area (Å²) in [4.78, 5) is 13.9. The van der Waals surface area contributed by atoms with Crippen molar-refractivity contribution in [1.29, 1.82) is 5.26 Å². The molecule has 1 saturated heterocycles. The Morgan fingerprint density at radius 1 is 1.24 bits per heavy atom. The monoisotopic (exact) mass is 384 g/mol. The Bertz CT molecular complexity index is 699. The number of rotatable bonds is 2. The van der Waals surface area contributed by atoms with Crippen molar-refractivity contribution in [2.45, 2.75) is 44.6 Å². The normalized spacial score (nSPS) is 16.9. The summed E-state index contributed by atoms with van der Waals surface area (Å²) in [6, 6.07) is 5.72. The third-order valence-corrected chi connectivity index (χ3v) is 4.96. The van der Waals surface area contributed by atoms with Gasteiger partial charge in [-0.25, -0.2) is 4.79 Å². The van der Waals surface area contributed by atoms with Crippen LogP contribution in [0.3, 0.4) is 0 Å². The molecule has 0 saturated carbocycles. The minimum atomic E-state index is -0.780. The van der Waals surface area contributed by atoms with Crippen LogP contribution in [0.4, 0.5) is 4.79 Å². The molecule has 7 heteroatoms. The van der Waals surface area contributed by atoms with E-state index < -0.39 is 11.0 Å². The predicted octanol–water partition coefficient (Wildman–Crippen LogP) is 4.79. The molecule has 0 aliphatic carbocycles. The Morgan fingerprint density at radius 3 is 2.28 bits per heavy atom. The van der Waals surface area contributed by atoms with Gasteiger partial charge in [0.05, 0.1) is 28.6 Å². The van der Waals surface area contributed by atoms with E-state index in [1.54, 1.807) is 17.0 Å². The highest BCUT2D eigenvalue weighted by Gasteiger charge is 2.41. The molecule has 0 bridgehead atoms. The van der Waals surface area contributed by atoms with Crippen LogP contribution in [0.25, 0.3) is 0 Å². The first kappa shape index (κ1) is 19.7. The van der Waals surface area contributed by atoms with Crippen LogP contribution in [0.2, 0.25) is 10.0 Å². The van der Waals surface area contributed by atoms with Crippen molar-refractivity contribution >= 4 is 29.3 Å². The second-order valence-electron chi connectivity index (χ2n) is 7.13. The van der Waals surface area contributed by atoms with Crippen LogP contribution in [0.15, 0.2) is 12.1 Å². The van der Waals surface area contributed by atoms with Gasteiger partial charge in [0, 0.05) is 24.7 Å². The Hall–Kier alpha value is -1.64. The molecule has 0 radical (unpaired) electrons. The first-order chi connectivity index (χ1) is 11.6. The number of methoxy groups -OCH3 is 1. The van der Waals surface area contributed by atoms with E-state index in [4.69, 9.17) is 32.7 Å². The zero-order chi connectivity index (χ0) is 18.8. The summed E-state index contributed by atoms with van der Waals surface area (Å²) in [6.45, 7) is 6.33. The van der Waals surface area contributed by atoms with Gasteiger partial charge in [-0.1, -0.05) is 23.2 Å². The number of carbonyl (C=O) groups excluding carboxylic acids is 1. The Balaban J connectivity index is 2.24. The summed E-state index contributed by atoms with van der Waals surface area (Å²) >= 11 is 12.2. The molecule has 0 N–H and O–H groups in total. The number of benzene rings is 1. The Labute approximate surface area is 158 Å². The second-order valence-corrected chi connectivity index (χ2v) is 7.94. The highest BCUT2D eigenvalue weighted by molar-refractivity contribution is 6.42. The van der Waals surface area contributed by atoms with Gasteiger partial charge in [-0.05, 0) is 39.7 Å². The molecule has 0 atom stereocenters. The number of nitrogens with zero attached hydrogens (tertiary/aromatic N) is 2. The van der Waals surface area contributed by atoms with E-state index in [0.717, 1.165) is 0 Å². The van der Waals surface area contributed by atoms with Crippen molar-refractivity contribution in [3.05, 3.63) is 27.7 Å². The molecule has 5 nitrogen and oxygen atoms in total. The van der Waals surface area contributed by atoms with Crippen molar-refractivity contribution in [3.8, 4) is 11.8 Å². The minimum absolute atomic E-state index is 0.361.